The van der Waals surface area contributed by atoms with E-state index in [1.165, 1.54) is 36.4 Å². The summed E-state index contributed by atoms with van der Waals surface area (Å²) in [6.45, 7) is 0. The van der Waals surface area contributed by atoms with Crippen LogP contribution >= 0.6 is 27.5 Å². The highest BCUT2D eigenvalue weighted by atomic mass is 79.9. The van der Waals surface area contributed by atoms with Gasteiger partial charge in [-0.3, -0.25) is 4.79 Å². The van der Waals surface area contributed by atoms with Gasteiger partial charge < -0.3 is 10.4 Å². The zero-order valence-electron chi connectivity index (χ0n) is 9.45. The van der Waals surface area contributed by atoms with Crippen LogP contribution < -0.4 is 5.32 Å². The van der Waals surface area contributed by atoms with Gasteiger partial charge in [0.05, 0.1) is 15.2 Å². The average Bonchev–Trinajstić information content (AvgIpc) is 2.36. The largest absolute Gasteiger partial charge is 0.508 e. The summed E-state index contributed by atoms with van der Waals surface area (Å²) in [5.41, 5.74) is 0.655. The number of phenolic OH excluding ortho intramolecular Hbond substituents is 1. The number of hydrogen-bond donors (Lipinski definition) is 2. The number of phenols is 1. The summed E-state index contributed by atoms with van der Waals surface area (Å²) in [6, 6.07) is 8.13. The molecule has 0 heterocycles. The fourth-order valence-corrected chi connectivity index (χ4v) is 2.04. The lowest BCUT2D eigenvalue weighted by Gasteiger charge is -2.08. The number of rotatable bonds is 2. The van der Waals surface area contributed by atoms with Crippen LogP contribution in [0.4, 0.5) is 10.1 Å². The molecule has 19 heavy (non-hydrogen) atoms. The summed E-state index contributed by atoms with van der Waals surface area (Å²) >= 11 is 8.88. The molecule has 0 radical (unpaired) electrons. The SMILES string of the molecule is O=C(Nc1ccc(O)cc1Cl)c1ccc(F)c(Br)c1. The fourth-order valence-electron chi connectivity index (χ4n) is 1.44. The first-order valence-electron chi connectivity index (χ1n) is 5.22. The van der Waals surface area contributed by atoms with E-state index in [-0.39, 0.29) is 20.8 Å². The van der Waals surface area contributed by atoms with E-state index in [9.17, 15) is 14.3 Å². The van der Waals surface area contributed by atoms with Crippen molar-refractivity contribution < 1.29 is 14.3 Å². The van der Waals surface area contributed by atoms with Gasteiger partial charge in [-0.25, -0.2) is 4.39 Å². The quantitative estimate of drug-likeness (QED) is 0.802. The lowest BCUT2D eigenvalue weighted by atomic mass is 10.2. The molecule has 0 unspecified atom stereocenters. The molecule has 0 aliphatic heterocycles. The van der Waals surface area contributed by atoms with E-state index >= 15 is 0 Å². The summed E-state index contributed by atoms with van der Waals surface area (Å²) in [4.78, 5) is 11.9. The van der Waals surface area contributed by atoms with Gasteiger partial charge in [0.1, 0.15) is 11.6 Å². The number of carbonyl (C=O) groups is 1. The molecule has 2 aromatic rings. The zero-order chi connectivity index (χ0) is 14.0. The Kier molecular flexibility index (Phi) is 4.07. The maximum Gasteiger partial charge on any atom is 0.255 e. The molecule has 0 saturated carbocycles. The first kappa shape index (κ1) is 13.8. The van der Waals surface area contributed by atoms with Gasteiger partial charge in [-0.05, 0) is 46.3 Å². The molecular formula is C13H8BrClFNO2. The van der Waals surface area contributed by atoms with E-state index in [1.54, 1.807) is 0 Å². The Morgan fingerprint density at radius 3 is 2.63 bits per heavy atom. The summed E-state index contributed by atoms with van der Waals surface area (Å²) in [6.07, 6.45) is 0. The highest BCUT2D eigenvalue weighted by Crippen LogP contribution is 2.26. The van der Waals surface area contributed by atoms with Crippen molar-refractivity contribution in [2.75, 3.05) is 5.32 Å². The van der Waals surface area contributed by atoms with Gasteiger partial charge in [-0.15, -0.1) is 0 Å². The molecular weight excluding hydrogens is 337 g/mol. The van der Waals surface area contributed by atoms with Crippen molar-refractivity contribution in [1.82, 2.24) is 0 Å². The van der Waals surface area contributed by atoms with E-state index in [4.69, 9.17) is 11.6 Å². The van der Waals surface area contributed by atoms with Gasteiger partial charge in [-0.2, -0.15) is 0 Å². The monoisotopic (exact) mass is 343 g/mol. The first-order chi connectivity index (χ1) is 8.97. The van der Waals surface area contributed by atoms with Crippen molar-refractivity contribution >= 4 is 39.1 Å². The van der Waals surface area contributed by atoms with Crippen molar-refractivity contribution in [3.8, 4) is 5.75 Å². The first-order valence-corrected chi connectivity index (χ1v) is 6.39. The minimum Gasteiger partial charge on any atom is -0.508 e. The molecule has 0 saturated heterocycles. The van der Waals surface area contributed by atoms with Crippen LogP contribution in [0.5, 0.6) is 5.75 Å². The second-order valence-electron chi connectivity index (χ2n) is 3.75. The van der Waals surface area contributed by atoms with Crippen LogP contribution in [0.25, 0.3) is 0 Å². The maximum absolute atomic E-state index is 13.1. The summed E-state index contributed by atoms with van der Waals surface area (Å²) in [7, 11) is 0. The number of amides is 1. The number of nitrogens with one attached hydrogen (secondary N) is 1. The van der Waals surface area contributed by atoms with Crippen molar-refractivity contribution in [1.29, 1.82) is 0 Å². The van der Waals surface area contributed by atoms with Crippen molar-refractivity contribution in [3.63, 3.8) is 0 Å². The third kappa shape index (κ3) is 3.24. The van der Waals surface area contributed by atoms with Crippen LogP contribution in [0.2, 0.25) is 5.02 Å². The molecule has 0 aliphatic carbocycles. The lowest BCUT2D eigenvalue weighted by molar-refractivity contribution is 0.102. The van der Waals surface area contributed by atoms with Gasteiger partial charge >= 0.3 is 0 Å². The van der Waals surface area contributed by atoms with Gasteiger partial charge in [0.25, 0.3) is 5.91 Å². The molecule has 0 aliphatic rings. The summed E-state index contributed by atoms with van der Waals surface area (Å²) in [5.74, 6) is -0.861. The van der Waals surface area contributed by atoms with Crippen molar-refractivity contribution in [3.05, 3.63) is 57.3 Å². The molecule has 3 nitrogen and oxygen atoms in total. The Morgan fingerprint density at radius 2 is 2.00 bits per heavy atom. The lowest BCUT2D eigenvalue weighted by Crippen LogP contribution is -2.12. The molecule has 2 rings (SSSR count). The summed E-state index contributed by atoms with van der Waals surface area (Å²) < 4.78 is 13.3. The Hall–Kier alpha value is -1.59. The van der Waals surface area contributed by atoms with Crippen LogP contribution in [-0.2, 0) is 0 Å². The van der Waals surface area contributed by atoms with Gasteiger partial charge in [-0.1, -0.05) is 11.6 Å². The van der Waals surface area contributed by atoms with E-state index in [0.717, 1.165) is 0 Å². The van der Waals surface area contributed by atoms with Crippen LogP contribution in [0, 0.1) is 5.82 Å². The average molecular weight is 345 g/mol. The molecule has 2 N–H and O–H groups in total. The highest BCUT2D eigenvalue weighted by Gasteiger charge is 2.10. The highest BCUT2D eigenvalue weighted by molar-refractivity contribution is 9.10. The van der Waals surface area contributed by atoms with Crippen LogP contribution in [0.3, 0.4) is 0 Å². The molecule has 0 bridgehead atoms. The standard InChI is InChI=1S/C13H8BrClFNO2/c14-9-5-7(1-3-11(9)16)13(19)17-12-4-2-8(18)6-10(12)15/h1-6,18H,(H,17,19). The Labute approximate surface area is 122 Å². The third-order valence-corrected chi connectivity index (χ3v) is 3.30. The normalized spacial score (nSPS) is 10.3. The topological polar surface area (TPSA) is 49.3 Å². The van der Waals surface area contributed by atoms with Gasteiger partial charge in [0.2, 0.25) is 0 Å². The van der Waals surface area contributed by atoms with E-state index in [2.05, 4.69) is 21.2 Å². The number of benzene rings is 2. The van der Waals surface area contributed by atoms with Gasteiger partial charge in [0, 0.05) is 11.6 Å². The number of halogens is 3. The van der Waals surface area contributed by atoms with Crippen molar-refractivity contribution in [2.45, 2.75) is 0 Å². The molecule has 0 atom stereocenters. The zero-order valence-corrected chi connectivity index (χ0v) is 11.8. The predicted molar refractivity (Wildman–Crippen MR) is 75.2 cm³/mol. The molecule has 0 aromatic heterocycles. The predicted octanol–water partition coefficient (Wildman–Crippen LogP) is 4.20. The molecule has 6 heteroatoms. The Morgan fingerprint density at radius 1 is 1.26 bits per heavy atom. The molecule has 98 valence electrons. The van der Waals surface area contributed by atoms with Crippen LogP contribution in [0.15, 0.2) is 40.9 Å². The number of carbonyl (C=O) groups excluding carboxylic acids is 1. The number of aromatic hydroxyl groups is 1. The molecule has 2 aromatic carbocycles. The van der Waals surface area contributed by atoms with Crippen LogP contribution in [-0.4, -0.2) is 11.0 Å². The van der Waals surface area contributed by atoms with Crippen molar-refractivity contribution in [2.24, 2.45) is 0 Å². The van der Waals surface area contributed by atoms with Crippen LogP contribution in [0.1, 0.15) is 10.4 Å². The number of anilines is 1. The Bertz CT molecular complexity index is 649. The smallest absolute Gasteiger partial charge is 0.255 e. The Balaban J connectivity index is 2.23. The second-order valence-corrected chi connectivity index (χ2v) is 5.01. The van der Waals surface area contributed by atoms with Gasteiger partial charge in [0.15, 0.2) is 0 Å². The fraction of sp³-hybridized carbons (Fsp3) is 0. The minimum absolute atomic E-state index is 0.00697. The van der Waals surface area contributed by atoms with E-state index in [1.807, 2.05) is 0 Å². The summed E-state index contributed by atoms with van der Waals surface area (Å²) in [5, 5.41) is 12.0. The minimum atomic E-state index is -0.445. The maximum atomic E-state index is 13.1. The second kappa shape index (κ2) is 5.59. The third-order valence-electron chi connectivity index (χ3n) is 2.38. The molecule has 1 amide bonds. The molecule has 0 fully saturated rings. The van der Waals surface area contributed by atoms with E-state index < -0.39 is 11.7 Å². The number of hydrogen-bond acceptors (Lipinski definition) is 2. The van der Waals surface area contributed by atoms with E-state index in [0.29, 0.717) is 5.69 Å². The molecule has 0 spiro atoms.